The first-order valence-corrected chi connectivity index (χ1v) is 4.44. The van der Waals surface area contributed by atoms with Gasteiger partial charge in [-0.2, -0.15) is 0 Å². The summed E-state index contributed by atoms with van der Waals surface area (Å²) in [5.41, 5.74) is 5.32. The summed E-state index contributed by atoms with van der Waals surface area (Å²) < 4.78 is 0. The van der Waals surface area contributed by atoms with Gasteiger partial charge in [0.1, 0.15) is 0 Å². The van der Waals surface area contributed by atoms with Crippen LogP contribution in [0.5, 0.6) is 0 Å². The fraction of sp³-hybridized carbons (Fsp3) is 0.556. The molecule has 4 N–H and O–H groups in total. The van der Waals surface area contributed by atoms with Gasteiger partial charge in [-0.15, -0.1) is 0 Å². The Bertz CT molecular complexity index is 226. The minimum absolute atomic E-state index is 0.338. The Morgan fingerprint density at radius 2 is 2.21 bits per heavy atom. The molecule has 1 atom stereocenters. The Balaban J connectivity index is 3.67. The fourth-order valence-electron chi connectivity index (χ4n) is 0.857. The molecular weight excluding hydrogens is 184 g/mol. The van der Waals surface area contributed by atoms with Crippen molar-refractivity contribution in [3.8, 4) is 0 Å². The Morgan fingerprint density at radius 3 is 2.71 bits per heavy atom. The summed E-state index contributed by atoms with van der Waals surface area (Å²) in [6, 6.07) is -0.960. The molecule has 5 heteroatoms. The minimum atomic E-state index is -1.07. The van der Waals surface area contributed by atoms with Crippen LogP contribution < -0.4 is 11.1 Å². The number of hydrogen-bond acceptors (Lipinski definition) is 3. The van der Waals surface area contributed by atoms with Crippen LogP contribution in [0.25, 0.3) is 0 Å². The lowest BCUT2D eigenvalue weighted by Gasteiger charge is -2.08. The monoisotopic (exact) mass is 200 g/mol. The Morgan fingerprint density at radius 1 is 1.57 bits per heavy atom. The van der Waals surface area contributed by atoms with Crippen LogP contribution in [-0.2, 0) is 9.59 Å². The van der Waals surface area contributed by atoms with E-state index in [1.54, 1.807) is 0 Å². The van der Waals surface area contributed by atoms with E-state index in [-0.39, 0.29) is 6.42 Å². The first-order valence-electron chi connectivity index (χ1n) is 4.44. The molecule has 0 heterocycles. The average molecular weight is 200 g/mol. The molecule has 1 unspecified atom stereocenters. The van der Waals surface area contributed by atoms with Gasteiger partial charge in [0.05, 0.1) is 12.5 Å². The summed E-state index contributed by atoms with van der Waals surface area (Å²) in [6.07, 6.45) is 4.17. The third kappa shape index (κ3) is 6.19. The van der Waals surface area contributed by atoms with Gasteiger partial charge in [0, 0.05) is 6.54 Å². The van der Waals surface area contributed by atoms with Gasteiger partial charge in [-0.25, -0.2) is 0 Å². The number of carbonyl (C=O) groups excluding carboxylic acids is 1. The topological polar surface area (TPSA) is 92.4 Å². The molecule has 0 aromatic heterocycles. The number of amides is 1. The predicted octanol–water partition coefficient (Wildman–Crippen LogP) is -0.129. The van der Waals surface area contributed by atoms with Crippen molar-refractivity contribution in [3.05, 3.63) is 12.2 Å². The number of nitrogens with two attached hydrogens (primary N) is 1. The summed E-state index contributed by atoms with van der Waals surface area (Å²) in [5, 5.41) is 10.9. The molecule has 0 aromatic carbocycles. The normalized spacial score (nSPS) is 12.7. The number of hydrogen-bond donors (Lipinski definition) is 3. The number of allylic oxidation sites excluding steroid dienone is 1. The second-order valence-corrected chi connectivity index (χ2v) is 2.85. The fourth-order valence-corrected chi connectivity index (χ4v) is 0.857. The molecule has 0 aliphatic heterocycles. The number of aliphatic carboxylic acids is 1. The molecule has 0 radical (unpaired) electrons. The number of carbonyl (C=O) groups is 2. The summed E-state index contributed by atoms with van der Waals surface area (Å²) in [6.45, 7) is 2.37. The van der Waals surface area contributed by atoms with Crippen molar-refractivity contribution in [1.82, 2.24) is 5.32 Å². The van der Waals surface area contributed by atoms with E-state index >= 15 is 0 Å². The Kier molecular flexibility index (Phi) is 6.39. The molecule has 80 valence electrons. The van der Waals surface area contributed by atoms with Gasteiger partial charge in [-0.3, -0.25) is 9.59 Å². The van der Waals surface area contributed by atoms with E-state index < -0.39 is 17.9 Å². The number of rotatable bonds is 6. The zero-order valence-electron chi connectivity index (χ0n) is 8.19. The molecule has 0 saturated heterocycles. The van der Waals surface area contributed by atoms with Crippen LogP contribution in [0.1, 0.15) is 19.8 Å². The van der Waals surface area contributed by atoms with Gasteiger partial charge >= 0.3 is 5.97 Å². The second kappa shape index (κ2) is 7.08. The maximum atomic E-state index is 11.1. The van der Waals surface area contributed by atoms with Crippen LogP contribution in [0, 0.1) is 0 Å². The second-order valence-electron chi connectivity index (χ2n) is 2.85. The van der Waals surface area contributed by atoms with Crippen LogP contribution in [0.3, 0.4) is 0 Å². The van der Waals surface area contributed by atoms with Crippen LogP contribution >= 0.6 is 0 Å². The highest BCUT2D eigenvalue weighted by Crippen LogP contribution is 1.88. The van der Waals surface area contributed by atoms with Gasteiger partial charge in [-0.05, 0) is 13.3 Å². The molecule has 0 spiro atoms. The zero-order valence-corrected chi connectivity index (χ0v) is 8.19. The third-order valence-electron chi connectivity index (χ3n) is 1.58. The largest absolute Gasteiger partial charge is 0.481 e. The zero-order chi connectivity index (χ0) is 11.0. The highest BCUT2D eigenvalue weighted by molar-refractivity contribution is 5.85. The van der Waals surface area contributed by atoms with Gasteiger partial charge in [0.25, 0.3) is 0 Å². The highest BCUT2D eigenvalue weighted by atomic mass is 16.4. The van der Waals surface area contributed by atoms with E-state index in [4.69, 9.17) is 10.8 Å². The van der Waals surface area contributed by atoms with Crippen LogP contribution in [0.2, 0.25) is 0 Å². The molecule has 0 fully saturated rings. The number of carboxylic acids is 1. The molecule has 1 amide bonds. The van der Waals surface area contributed by atoms with Crippen molar-refractivity contribution in [1.29, 1.82) is 0 Å². The Hall–Kier alpha value is -1.36. The van der Waals surface area contributed by atoms with E-state index in [0.29, 0.717) is 6.54 Å². The molecule has 14 heavy (non-hydrogen) atoms. The van der Waals surface area contributed by atoms with Crippen molar-refractivity contribution in [2.45, 2.75) is 25.8 Å². The quantitative estimate of drug-likeness (QED) is 0.411. The van der Waals surface area contributed by atoms with Crippen molar-refractivity contribution >= 4 is 11.9 Å². The molecular formula is C9H16N2O3. The van der Waals surface area contributed by atoms with E-state index in [1.807, 2.05) is 19.1 Å². The highest BCUT2D eigenvalue weighted by Gasteiger charge is 2.15. The van der Waals surface area contributed by atoms with E-state index in [1.165, 1.54) is 0 Å². The smallest absolute Gasteiger partial charge is 0.305 e. The molecule has 0 saturated carbocycles. The summed E-state index contributed by atoms with van der Waals surface area (Å²) >= 11 is 0. The average Bonchev–Trinajstić information content (AvgIpc) is 2.11. The van der Waals surface area contributed by atoms with E-state index in [2.05, 4.69) is 5.32 Å². The summed E-state index contributed by atoms with van der Waals surface area (Å²) in [4.78, 5) is 21.3. The lowest BCUT2D eigenvalue weighted by Crippen LogP contribution is -2.42. The molecule has 0 aromatic rings. The molecule has 0 bridgehead atoms. The van der Waals surface area contributed by atoms with Gasteiger partial charge in [0.2, 0.25) is 5.91 Å². The third-order valence-corrected chi connectivity index (χ3v) is 1.58. The lowest BCUT2D eigenvalue weighted by atomic mass is 10.2. The minimum Gasteiger partial charge on any atom is -0.481 e. The lowest BCUT2D eigenvalue weighted by molar-refractivity contribution is -0.139. The van der Waals surface area contributed by atoms with Crippen molar-refractivity contribution in [2.75, 3.05) is 6.54 Å². The SMILES string of the molecule is C/C=C/CCNC(=O)C(N)CC(=O)O. The van der Waals surface area contributed by atoms with Crippen molar-refractivity contribution in [3.63, 3.8) is 0 Å². The van der Waals surface area contributed by atoms with Gasteiger partial charge < -0.3 is 16.2 Å². The summed E-state index contributed by atoms with van der Waals surface area (Å²) in [5.74, 6) is -1.49. The first kappa shape index (κ1) is 12.6. The standard InChI is InChI=1S/C9H16N2O3/c1-2-3-4-5-11-9(14)7(10)6-8(12)13/h2-3,7H,4-6,10H2,1H3,(H,11,14)(H,12,13)/b3-2+. The van der Waals surface area contributed by atoms with Crippen LogP contribution in [0.4, 0.5) is 0 Å². The maximum Gasteiger partial charge on any atom is 0.305 e. The Labute approximate surface area is 83.0 Å². The van der Waals surface area contributed by atoms with Crippen LogP contribution in [-0.4, -0.2) is 29.6 Å². The van der Waals surface area contributed by atoms with Gasteiger partial charge in [-0.1, -0.05) is 12.2 Å². The van der Waals surface area contributed by atoms with Crippen molar-refractivity contribution in [2.24, 2.45) is 5.73 Å². The van der Waals surface area contributed by atoms with E-state index in [9.17, 15) is 9.59 Å². The molecule has 0 aliphatic rings. The molecule has 0 rings (SSSR count). The van der Waals surface area contributed by atoms with Crippen LogP contribution in [0.15, 0.2) is 12.2 Å². The summed E-state index contributed by atoms with van der Waals surface area (Å²) in [7, 11) is 0. The maximum absolute atomic E-state index is 11.1. The number of carboxylic acid groups (broad SMARTS) is 1. The van der Waals surface area contributed by atoms with Crippen molar-refractivity contribution < 1.29 is 14.7 Å². The molecule has 0 aliphatic carbocycles. The molecule has 5 nitrogen and oxygen atoms in total. The number of nitrogens with one attached hydrogen (secondary N) is 1. The first-order chi connectivity index (χ1) is 6.57. The van der Waals surface area contributed by atoms with Gasteiger partial charge in [0.15, 0.2) is 0 Å². The van der Waals surface area contributed by atoms with E-state index in [0.717, 1.165) is 6.42 Å². The predicted molar refractivity (Wildman–Crippen MR) is 52.7 cm³/mol.